The molecule has 1 saturated heterocycles. The summed E-state index contributed by atoms with van der Waals surface area (Å²) in [4.78, 5) is 16.7. The number of aliphatic hydroxyl groups excluding tert-OH is 1. The van der Waals surface area contributed by atoms with Crippen molar-refractivity contribution >= 4 is 11.6 Å². The fraction of sp³-hybridized carbons (Fsp3) is 0.588. The van der Waals surface area contributed by atoms with E-state index in [0.717, 1.165) is 25.4 Å². The molecule has 1 amide bonds. The van der Waals surface area contributed by atoms with Crippen molar-refractivity contribution in [1.29, 1.82) is 0 Å². The molecule has 0 bridgehead atoms. The van der Waals surface area contributed by atoms with E-state index < -0.39 is 29.9 Å². The number of alkyl halides is 3. The zero-order valence-corrected chi connectivity index (χ0v) is 14.6. The third-order valence-electron chi connectivity index (χ3n) is 5.50. The summed E-state index contributed by atoms with van der Waals surface area (Å²) in [6.45, 7) is 3.14. The standard InChI is InChI=1S/C17H20F3N5O2/c1-8-2-14(17(18,19)20)25-15(23-8)11(7-22-25)16(27)24-12-3-9-5-21-6-10(9)4-13(12)26/h2,7,9-10,12-13,21,26H,3-6H2,1H3,(H,24,27)/t9-,10+,12-,13-/m0/s1. The van der Waals surface area contributed by atoms with E-state index in [1.165, 1.54) is 6.92 Å². The molecule has 10 heteroatoms. The Morgan fingerprint density at radius 3 is 2.74 bits per heavy atom. The maximum atomic E-state index is 13.2. The van der Waals surface area contributed by atoms with Crippen molar-refractivity contribution in [2.24, 2.45) is 11.8 Å². The number of aromatic nitrogens is 3. The van der Waals surface area contributed by atoms with E-state index >= 15 is 0 Å². The first kappa shape index (κ1) is 18.2. The van der Waals surface area contributed by atoms with Gasteiger partial charge < -0.3 is 15.7 Å². The van der Waals surface area contributed by atoms with E-state index in [2.05, 4.69) is 20.7 Å². The zero-order valence-electron chi connectivity index (χ0n) is 14.6. The molecule has 1 saturated carbocycles. The highest BCUT2D eigenvalue weighted by Gasteiger charge is 2.40. The minimum Gasteiger partial charge on any atom is -0.391 e. The number of carbonyl (C=O) groups is 1. The van der Waals surface area contributed by atoms with Crippen molar-refractivity contribution in [3.63, 3.8) is 0 Å². The molecule has 2 aliphatic rings. The maximum Gasteiger partial charge on any atom is 0.433 e. The Labute approximate surface area is 153 Å². The van der Waals surface area contributed by atoms with Gasteiger partial charge >= 0.3 is 6.18 Å². The van der Waals surface area contributed by atoms with E-state index in [-0.39, 0.29) is 16.9 Å². The second kappa shape index (κ2) is 6.45. The molecular formula is C17H20F3N5O2. The third-order valence-corrected chi connectivity index (χ3v) is 5.50. The Balaban J connectivity index is 1.61. The molecule has 2 aromatic heterocycles. The first-order chi connectivity index (χ1) is 12.7. The van der Waals surface area contributed by atoms with Crippen LogP contribution >= 0.6 is 0 Å². The molecular weight excluding hydrogens is 363 g/mol. The van der Waals surface area contributed by atoms with E-state index in [4.69, 9.17) is 0 Å². The van der Waals surface area contributed by atoms with Crippen molar-refractivity contribution < 1.29 is 23.1 Å². The van der Waals surface area contributed by atoms with Gasteiger partial charge in [-0.3, -0.25) is 4.79 Å². The van der Waals surface area contributed by atoms with Crippen LogP contribution in [0.1, 0.15) is 34.6 Å². The summed E-state index contributed by atoms with van der Waals surface area (Å²) >= 11 is 0. The number of nitrogens with zero attached hydrogens (tertiary/aromatic N) is 3. The molecule has 3 N–H and O–H groups in total. The molecule has 1 aliphatic heterocycles. The number of rotatable bonds is 2. The molecule has 0 aromatic carbocycles. The van der Waals surface area contributed by atoms with Crippen molar-refractivity contribution in [1.82, 2.24) is 25.2 Å². The van der Waals surface area contributed by atoms with Crippen LogP contribution in [0.5, 0.6) is 0 Å². The summed E-state index contributed by atoms with van der Waals surface area (Å²) in [5.74, 6) is 0.188. The van der Waals surface area contributed by atoms with Gasteiger partial charge in [0, 0.05) is 5.69 Å². The Kier molecular flexibility index (Phi) is 4.34. The van der Waals surface area contributed by atoms with Gasteiger partial charge in [-0.2, -0.15) is 18.3 Å². The SMILES string of the molecule is Cc1cc(C(F)(F)F)n2ncc(C(=O)N[C@H]3C[C@H]4CNC[C@H]4C[C@@H]3O)c2n1. The first-order valence-electron chi connectivity index (χ1n) is 8.86. The third kappa shape index (κ3) is 3.27. The lowest BCUT2D eigenvalue weighted by Crippen LogP contribution is -2.49. The Morgan fingerprint density at radius 2 is 2.04 bits per heavy atom. The average Bonchev–Trinajstić information content (AvgIpc) is 3.19. The zero-order chi connectivity index (χ0) is 19.3. The van der Waals surface area contributed by atoms with Gasteiger partial charge in [0.25, 0.3) is 5.91 Å². The predicted molar refractivity (Wildman–Crippen MR) is 89.1 cm³/mol. The lowest BCUT2D eigenvalue weighted by Gasteiger charge is -2.35. The highest BCUT2D eigenvalue weighted by Crippen LogP contribution is 2.33. The van der Waals surface area contributed by atoms with Gasteiger partial charge in [-0.05, 0) is 50.8 Å². The molecule has 27 heavy (non-hydrogen) atoms. The van der Waals surface area contributed by atoms with Crippen LogP contribution in [0.15, 0.2) is 12.3 Å². The molecule has 2 fully saturated rings. The molecule has 0 unspecified atom stereocenters. The summed E-state index contributed by atoms with van der Waals surface area (Å²) in [6.07, 6.45) is -2.99. The monoisotopic (exact) mass is 383 g/mol. The normalized spacial score (nSPS) is 28.3. The number of aliphatic hydroxyl groups is 1. The number of fused-ring (bicyclic) bond motifs is 2. The summed E-state index contributed by atoms with van der Waals surface area (Å²) in [6, 6.07) is 0.445. The number of hydrogen-bond donors (Lipinski definition) is 3. The Morgan fingerprint density at radius 1 is 1.33 bits per heavy atom. The van der Waals surface area contributed by atoms with Crippen LogP contribution < -0.4 is 10.6 Å². The van der Waals surface area contributed by atoms with Gasteiger partial charge in [0.05, 0.1) is 18.3 Å². The van der Waals surface area contributed by atoms with Crippen molar-refractivity contribution in [3.05, 3.63) is 29.2 Å². The number of amides is 1. The first-order valence-corrected chi connectivity index (χ1v) is 8.86. The summed E-state index contributed by atoms with van der Waals surface area (Å²) < 4.78 is 40.3. The molecule has 146 valence electrons. The van der Waals surface area contributed by atoms with Gasteiger partial charge in [-0.15, -0.1) is 0 Å². The van der Waals surface area contributed by atoms with E-state index in [1.54, 1.807) is 0 Å². The topological polar surface area (TPSA) is 91.6 Å². The molecule has 1 aliphatic carbocycles. The number of aryl methyl sites for hydroxylation is 1. The van der Waals surface area contributed by atoms with Crippen LogP contribution in [0, 0.1) is 18.8 Å². The van der Waals surface area contributed by atoms with Crippen LogP contribution in [-0.2, 0) is 6.18 Å². The average molecular weight is 383 g/mol. The number of nitrogens with one attached hydrogen (secondary N) is 2. The number of halogens is 3. The van der Waals surface area contributed by atoms with E-state index in [1.807, 2.05) is 0 Å². The molecule has 0 spiro atoms. The minimum atomic E-state index is -4.62. The smallest absolute Gasteiger partial charge is 0.391 e. The molecule has 0 radical (unpaired) electrons. The molecule has 4 atom stereocenters. The fourth-order valence-corrected chi connectivity index (χ4v) is 4.14. The molecule has 2 aromatic rings. The van der Waals surface area contributed by atoms with Gasteiger partial charge in [0.1, 0.15) is 11.3 Å². The number of carbonyl (C=O) groups excluding carboxylic acids is 1. The lowest BCUT2D eigenvalue weighted by molar-refractivity contribution is -0.142. The van der Waals surface area contributed by atoms with Crippen LogP contribution in [0.2, 0.25) is 0 Å². The molecule has 7 nitrogen and oxygen atoms in total. The second-order valence-corrected chi connectivity index (χ2v) is 7.37. The lowest BCUT2D eigenvalue weighted by atomic mass is 9.77. The van der Waals surface area contributed by atoms with Crippen LogP contribution in [0.3, 0.4) is 0 Å². The molecule has 3 heterocycles. The highest BCUT2D eigenvalue weighted by molar-refractivity contribution is 5.99. The Hall–Kier alpha value is -2.20. The molecule has 4 rings (SSSR count). The van der Waals surface area contributed by atoms with Gasteiger partial charge in [0.2, 0.25) is 0 Å². The fourth-order valence-electron chi connectivity index (χ4n) is 4.14. The van der Waals surface area contributed by atoms with E-state index in [9.17, 15) is 23.1 Å². The van der Waals surface area contributed by atoms with Gasteiger partial charge in [0.15, 0.2) is 5.65 Å². The van der Waals surface area contributed by atoms with Crippen molar-refractivity contribution in [2.75, 3.05) is 13.1 Å². The van der Waals surface area contributed by atoms with Crippen LogP contribution in [0.25, 0.3) is 5.65 Å². The van der Waals surface area contributed by atoms with Crippen molar-refractivity contribution in [3.8, 4) is 0 Å². The minimum absolute atomic E-state index is 0.0388. The largest absolute Gasteiger partial charge is 0.433 e. The summed E-state index contributed by atoms with van der Waals surface area (Å²) in [5.41, 5.74) is -1.03. The summed E-state index contributed by atoms with van der Waals surface area (Å²) in [7, 11) is 0. The van der Waals surface area contributed by atoms with Gasteiger partial charge in [-0.25, -0.2) is 9.50 Å². The van der Waals surface area contributed by atoms with E-state index in [0.29, 0.717) is 29.2 Å². The highest BCUT2D eigenvalue weighted by atomic mass is 19.4. The second-order valence-electron chi connectivity index (χ2n) is 7.37. The van der Waals surface area contributed by atoms with Crippen molar-refractivity contribution in [2.45, 2.75) is 38.1 Å². The van der Waals surface area contributed by atoms with Gasteiger partial charge in [-0.1, -0.05) is 0 Å². The maximum absolute atomic E-state index is 13.2. The predicted octanol–water partition coefficient (Wildman–Crippen LogP) is 1.15. The number of hydrogen-bond acceptors (Lipinski definition) is 5. The Bertz CT molecular complexity index is 881. The van der Waals surface area contributed by atoms with Crippen LogP contribution in [0.4, 0.5) is 13.2 Å². The summed E-state index contributed by atoms with van der Waals surface area (Å²) in [5, 5.41) is 20.1. The van der Waals surface area contributed by atoms with Crippen LogP contribution in [-0.4, -0.2) is 50.8 Å². The quantitative estimate of drug-likeness (QED) is 0.724.